The summed E-state index contributed by atoms with van der Waals surface area (Å²) >= 11 is 1.91. The van der Waals surface area contributed by atoms with Crippen molar-refractivity contribution in [2.75, 3.05) is 12.3 Å². The highest BCUT2D eigenvalue weighted by atomic mass is 32.2. The summed E-state index contributed by atoms with van der Waals surface area (Å²) in [6.45, 7) is 0.702. The molecule has 0 radical (unpaired) electrons. The summed E-state index contributed by atoms with van der Waals surface area (Å²) in [4.78, 5) is 26.1. The first-order chi connectivity index (χ1) is 11.0. The van der Waals surface area contributed by atoms with Crippen LogP contribution in [0.25, 0.3) is 0 Å². The number of rotatable bonds is 4. The van der Waals surface area contributed by atoms with Gasteiger partial charge in [-0.2, -0.15) is 0 Å². The molecule has 0 aromatic rings. The Morgan fingerprint density at radius 3 is 2.22 bits per heavy atom. The minimum absolute atomic E-state index is 0.134. The molecular formula is C18H28N2O2S. The number of primary amides is 1. The molecule has 23 heavy (non-hydrogen) atoms. The molecule has 1 atom stereocenters. The Labute approximate surface area is 142 Å². The van der Waals surface area contributed by atoms with Crippen molar-refractivity contribution in [1.29, 1.82) is 0 Å². The molecule has 5 rings (SSSR count). The van der Waals surface area contributed by atoms with Gasteiger partial charge in [0, 0.05) is 11.3 Å². The summed E-state index contributed by atoms with van der Waals surface area (Å²) < 4.78 is 0.364. The normalized spacial score (nSPS) is 42.0. The lowest BCUT2D eigenvalue weighted by Gasteiger charge is -2.56. The Kier molecular flexibility index (Phi) is 4.11. The summed E-state index contributed by atoms with van der Waals surface area (Å²) in [6, 6.07) is -0.367. The van der Waals surface area contributed by atoms with E-state index >= 15 is 0 Å². The predicted octanol–water partition coefficient (Wildman–Crippen LogP) is 2.55. The number of nitrogens with two attached hydrogens (primary N) is 1. The number of carbonyl (C=O) groups excluding carboxylic acids is 2. The quantitative estimate of drug-likeness (QED) is 0.858. The molecule has 0 unspecified atom stereocenters. The van der Waals surface area contributed by atoms with Gasteiger partial charge < -0.3 is 10.6 Å². The second kappa shape index (κ2) is 5.98. The zero-order valence-corrected chi connectivity index (χ0v) is 14.7. The third kappa shape index (κ3) is 3.01. The molecule has 0 spiro atoms. The fraction of sp³-hybridized carbons (Fsp3) is 0.889. The zero-order chi connectivity index (χ0) is 16.0. The molecule has 1 heterocycles. The average Bonchev–Trinajstić information content (AvgIpc) is 2.51. The summed E-state index contributed by atoms with van der Waals surface area (Å²) in [6.07, 6.45) is 11.0. The first-order valence-corrected chi connectivity index (χ1v) is 10.3. The highest BCUT2D eigenvalue weighted by Crippen LogP contribution is 2.60. The monoisotopic (exact) mass is 336 g/mol. The predicted molar refractivity (Wildman–Crippen MR) is 91.9 cm³/mol. The second-order valence-corrected chi connectivity index (χ2v) is 9.83. The maximum Gasteiger partial charge on any atom is 0.240 e. The van der Waals surface area contributed by atoms with Crippen molar-refractivity contribution < 1.29 is 9.59 Å². The van der Waals surface area contributed by atoms with Gasteiger partial charge in [0.1, 0.15) is 6.04 Å². The summed E-state index contributed by atoms with van der Waals surface area (Å²) in [7, 11) is 0. The molecule has 4 aliphatic carbocycles. The maximum atomic E-state index is 12.7. The summed E-state index contributed by atoms with van der Waals surface area (Å²) in [5.41, 5.74) is 5.50. The van der Waals surface area contributed by atoms with Gasteiger partial charge in [-0.05, 0) is 75.5 Å². The van der Waals surface area contributed by atoms with Crippen LogP contribution in [0.15, 0.2) is 0 Å². The first kappa shape index (κ1) is 15.8. The smallest absolute Gasteiger partial charge is 0.240 e. The molecule has 1 saturated heterocycles. The maximum absolute atomic E-state index is 12.7. The van der Waals surface area contributed by atoms with E-state index in [4.69, 9.17) is 5.73 Å². The number of piperidine rings is 1. The molecule has 4 saturated carbocycles. The van der Waals surface area contributed by atoms with Crippen LogP contribution in [0.1, 0.15) is 57.8 Å². The number of nitrogens with zero attached hydrogens (tertiary/aromatic N) is 1. The van der Waals surface area contributed by atoms with Crippen LogP contribution in [0.2, 0.25) is 0 Å². The Morgan fingerprint density at radius 1 is 1.04 bits per heavy atom. The van der Waals surface area contributed by atoms with Gasteiger partial charge >= 0.3 is 0 Å². The van der Waals surface area contributed by atoms with Gasteiger partial charge in [0.2, 0.25) is 11.8 Å². The molecule has 1 aliphatic heterocycles. The SMILES string of the molecule is NC(=O)[C@@H]1CCCCN1C(=O)CSC12CC3CC(CC(C3)C1)C2. The molecule has 128 valence electrons. The van der Waals surface area contributed by atoms with Crippen LogP contribution >= 0.6 is 11.8 Å². The molecule has 4 nitrogen and oxygen atoms in total. The molecule has 0 aromatic carbocycles. The van der Waals surface area contributed by atoms with Crippen molar-refractivity contribution in [3.63, 3.8) is 0 Å². The van der Waals surface area contributed by atoms with Crippen LogP contribution in [-0.4, -0.2) is 39.8 Å². The van der Waals surface area contributed by atoms with Crippen molar-refractivity contribution in [1.82, 2.24) is 4.90 Å². The number of carbonyl (C=O) groups is 2. The molecule has 5 fully saturated rings. The van der Waals surface area contributed by atoms with Crippen LogP contribution in [0.4, 0.5) is 0 Å². The van der Waals surface area contributed by atoms with Gasteiger partial charge in [-0.1, -0.05) is 0 Å². The van der Waals surface area contributed by atoms with E-state index < -0.39 is 0 Å². The van der Waals surface area contributed by atoms with Crippen molar-refractivity contribution in [3.05, 3.63) is 0 Å². The molecular weight excluding hydrogens is 308 g/mol. The molecule has 2 amide bonds. The standard InChI is InChI=1S/C18H28N2O2S/c19-17(22)15-3-1-2-4-20(15)16(21)11-23-18-8-12-5-13(9-18)7-14(6-12)10-18/h12-15H,1-11H2,(H2,19,22)/t12?,13?,14?,15-,18?/m0/s1. The lowest BCUT2D eigenvalue weighted by molar-refractivity contribution is -0.138. The third-order valence-corrected chi connectivity index (χ3v) is 8.14. The Morgan fingerprint density at radius 2 is 1.65 bits per heavy atom. The van der Waals surface area contributed by atoms with E-state index in [2.05, 4.69) is 0 Å². The van der Waals surface area contributed by atoms with Crippen LogP contribution in [-0.2, 0) is 9.59 Å². The van der Waals surface area contributed by atoms with E-state index in [9.17, 15) is 9.59 Å². The van der Waals surface area contributed by atoms with Gasteiger partial charge in [-0.15, -0.1) is 11.8 Å². The lowest BCUT2D eigenvalue weighted by Crippen LogP contribution is -2.52. The second-order valence-electron chi connectivity index (χ2n) is 8.39. The van der Waals surface area contributed by atoms with Crippen LogP contribution < -0.4 is 5.73 Å². The summed E-state index contributed by atoms with van der Waals surface area (Å²) in [5, 5.41) is 0. The largest absolute Gasteiger partial charge is 0.368 e. The van der Waals surface area contributed by atoms with Crippen LogP contribution in [0.5, 0.6) is 0 Å². The van der Waals surface area contributed by atoms with Crippen LogP contribution in [0, 0.1) is 17.8 Å². The Hall–Kier alpha value is -0.710. The first-order valence-electron chi connectivity index (χ1n) is 9.27. The minimum atomic E-state index is -0.367. The van der Waals surface area contributed by atoms with Crippen molar-refractivity contribution in [3.8, 4) is 0 Å². The van der Waals surface area contributed by atoms with E-state index in [1.165, 1.54) is 38.5 Å². The highest BCUT2D eigenvalue weighted by molar-refractivity contribution is 8.01. The van der Waals surface area contributed by atoms with Gasteiger partial charge in [-0.3, -0.25) is 9.59 Å². The minimum Gasteiger partial charge on any atom is -0.368 e. The number of amides is 2. The van der Waals surface area contributed by atoms with Gasteiger partial charge in [0.05, 0.1) is 5.75 Å². The van der Waals surface area contributed by atoms with E-state index in [1.807, 2.05) is 11.8 Å². The van der Waals surface area contributed by atoms with Gasteiger partial charge in [0.15, 0.2) is 0 Å². The lowest BCUT2D eigenvalue weighted by atomic mass is 9.56. The van der Waals surface area contributed by atoms with Crippen molar-refractivity contribution in [2.45, 2.75) is 68.6 Å². The molecule has 5 aliphatic rings. The zero-order valence-electron chi connectivity index (χ0n) is 13.8. The number of hydrogen-bond donors (Lipinski definition) is 1. The third-order valence-electron chi connectivity index (χ3n) is 6.64. The van der Waals surface area contributed by atoms with Gasteiger partial charge in [-0.25, -0.2) is 0 Å². The Bertz CT molecular complexity index is 472. The van der Waals surface area contributed by atoms with E-state index in [-0.39, 0.29) is 17.9 Å². The van der Waals surface area contributed by atoms with Gasteiger partial charge in [0.25, 0.3) is 0 Å². The fourth-order valence-corrected chi connectivity index (χ4v) is 7.69. The number of thioether (sulfide) groups is 1. The van der Waals surface area contributed by atoms with E-state index in [0.29, 0.717) is 17.0 Å². The van der Waals surface area contributed by atoms with Crippen molar-refractivity contribution >= 4 is 23.6 Å². The van der Waals surface area contributed by atoms with E-state index in [0.717, 1.165) is 37.0 Å². The molecule has 4 bridgehead atoms. The molecule has 5 heteroatoms. The number of hydrogen-bond acceptors (Lipinski definition) is 3. The number of likely N-dealkylation sites (tertiary alicyclic amines) is 1. The van der Waals surface area contributed by atoms with Crippen LogP contribution in [0.3, 0.4) is 0 Å². The molecule has 2 N–H and O–H groups in total. The topological polar surface area (TPSA) is 63.4 Å². The summed E-state index contributed by atoms with van der Waals surface area (Å²) in [5.74, 6) is 3.08. The average molecular weight is 337 g/mol. The fourth-order valence-electron chi connectivity index (χ4n) is 6.03. The van der Waals surface area contributed by atoms with E-state index in [1.54, 1.807) is 4.90 Å². The van der Waals surface area contributed by atoms with Crippen molar-refractivity contribution in [2.24, 2.45) is 23.5 Å². The Balaban J connectivity index is 1.38. The highest BCUT2D eigenvalue weighted by Gasteiger charge is 2.51. The molecule has 0 aromatic heterocycles.